The molecule has 0 bridgehead atoms. The predicted octanol–water partition coefficient (Wildman–Crippen LogP) is 3.23. The zero-order valence-electron chi connectivity index (χ0n) is 10.7. The fourth-order valence-corrected chi connectivity index (χ4v) is 1.83. The smallest absolute Gasteiger partial charge is 0.416 e. The molecule has 1 aromatic carbocycles. The second kappa shape index (κ2) is 5.50. The molecule has 3 nitrogen and oxygen atoms in total. The van der Waals surface area contributed by atoms with Crippen molar-refractivity contribution in [1.29, 1.82) is 0 Å². The largest absolute Gasteiger partial charge is 0.497 e. The maximum Gasteiger partial charge on any atom is 0.416 e. The summed E-state index contributed by atoms with van der Waals surface area (Å²) in [6.07, 6.45) is -3.28. The molecule has 2 rings (SSSR count). The number of nitrogens with two attached hydrogens (primary N) is 1. The summed E-state index contributed by atoms with van der Waals surface area (Å²) in [5.74, 6) is 0.628. The highest BCUT2D eigenvalue weighted by molar-refractivity contribution is 5.61. The van der Waals surface area contributed by atoms with E-state index >= 15 is 0 Å². The summed E-state index contributed by atoms with van der Waals surface area (Å²) >= 11 is 0. The van der Waals surface area contributed by atoms with Crippen LogP contribution in [0.1, 0.15) is 11.1 Å². The monoisotopic (exact) mass is 282 g/mol. The van der Waals surface area contributed by atoms with Gasteiger partial charge in [0.05, 0.1) is 18.4 Å². The molecule has 0 amide bonds. The number of hydrogen-bond donors (Lipinski definition) is 1. The second-order valence-electron chi connectivity index (χ2n) is 4.16. The minimum atomic E-state index is -4.45. The van der Waals surface area contributed by atoms with Gasteiger partial charge in [-0.3, -0.25) is 4.98 Å². The Kier molecular flexibility index (Phi) is 3.94. The van der Waals surface area contributed by atoms with E-state index in [4.69, 9.17) is 10.5 Å². The summed E-state index contributed by atoms with van der Waals surface area (Å²) in [7, 11) is 1.52. The molecular weight excluding hydrogens is 269 g/mol. The maximum atomic E-state index is 12.9. The van der Waals surface area contributed by atoms with Gasteiger partial charge in [-0.15, -0.1) is 0 Å². The van der Waals surface area contributed by atoms with Crippen molar-refractivity contribution in [2.75, 3.05) is 7.11 Å². The van der Waals surface area contributed by atoms with Crippen LogP contribution in [0.5, 0.6) is 5.75 Å². The second-order valence-corrected chi connectivity index (χ2v) is 4.16. The zero-order valence-corrected chi connectivity index (χ0v) is 10.7. The molecule has 1 aromatic heterocycles. The van der Waals surface area contributed by atoms with Crippen LogP contribution < -0.4 is 10.5 Å². The van der Waals surface area contributed by atoms with Gasteiger partial charge in [-0.1, -0.05) is 0 Å². The molecule has 6 heteroatoms. The quantitative estimate of drug-likeness (QED) is 0.940. The van der Waals surface area contributed by atoms with Crippen LogP contribution in [0, 0.1) is 0 Å². The molecule has 0 fully saturated rings. The van der Waals surface area contributed by atoms with Crippen molar-refractivity contribution in [2.24, 2.45) is 5.73 Å². The summed E-state index contributed by atoms with van der Waals surface area (Å²) in [6.45, 7) is -0.204. The van der Waals surface area contributed by atoms with Gasteiger partial charge in [0.25, 0.3) is 0 Å². The van der Waals surface area contributed by atoms with Crippen LogP contribution in [0.2, 0.25) is 0 Å². The Bertz CT molecular complexity index is 594. The topological polar surface area (TPSA) is 48.1 Å². The van der Waals surface area contributed by atoms with Crippen molar-refractivity contribution in [2.45, 2.75) is 12.7 Å². The Hall–Kier alpha value is -2.08. The van der Waals surface area contributed by atoms with Crippen LogP contribution in [0.25, 0.3) is 11.3 Å². The summed E-state index contributed by atoms with van der Waals surface area (Å²) in [6, 6.07) is 7.67. The van der Waals surface area contributed by atoms with Gasteiger partial charge in [-0.2, -0.15) is 13.2 Å². The number of rotatable bonds is 3. The van der Waals surface area contributed by atoms with Crippen LogP contribution in [-0.2, 0) is 12.7 Å². The van der Waals surface area contributed by atoms with E-state index in [1.807, 2.05) is 0 Å². The van der Waals surface area contributed by atoms with Gasteiger partial charge < -0.3 is 10.5 Å². The molecule has 0 saturated heterocycles. The molecule has 106 valence electrons. The Balaban J connectivity index is 2.47. The van der Waals surface area contributed by atoms with Gasteiger partial charge >= 0.3 is 6.18 Å². The number of halogens is 3. The van der Waals surface area contributed by atoms with Gasteiger partial charge in [0.15, 0.2) is 0 Å². The highest BCUT2D eigenvalue weighted by Crippen LogP contribution is 2.34. The molecule has 20 heavy (non-hydrogen) atoms. The first-order valence-corrected chi connectivity index (χ1v) is 5.86. The lowest BCUT2D eigenvalue weighted by atomic mass is 10.0. The van der Waals surface area contributed by atoms with E-state index in [2.05, 4.69) is 4.98 Å². The molecule has 0 radical (unpaired) electrons. The predicted molar refractivity (Wildman–Crippen MR) is 69.1 cm³/mol. The van der Waals surface area contributed by atoms with Crippen molar-refractivity contribution in [3.63, 3.8) is 0 Å². The molecule has 0 atom stereocenters. The molecular formula is C14H13F3N2O. The highest BCUT2D eigenvalue weighted by atomic mass is 19.4. The third kappa shape index (κ3) is 2.91. The summed E-state index contributed by atoms with van der Waals surface area (Å²) < 4.78 is 43.8. The van der Waals surface area contributed by atoms with Crippen LogP contribution in [0.4, 0.5) is 13.2 Å². The fraction of sp³-hybridized carbons (Fsp3) is 0.214. The van der Waals surface area contributed by atoms with E-state index in [-0.39, 0.29) is 17.8 Å². The molecule has 0 saturated carbocycles. The average Bonchev–Trinajstić information content (AvgIpc) is 2.46. The first-order valence-electron chi connectivity index (χ1n) is 5.86. The Morgan fingerprint density at radius 1 is 1.20 bits per heavy atom. The Morgan fingerprint density at radius 3 is 2.35 bits per heavy atom. The Morgan fingerprint density at radius 2 is 1.85 bits per heavy atom. The lowest BCUT2D eigenvalue weighted by molar-refractivity contribution is -0.138. The van der Waals surface area contributed by atoms with E-state index in [1.165, 1.54) is 13.3 Å². The normalized spacial score (nSPS) is 11.4. The fourth-order valence-electron chi connectivity index (χ4n) is 1.83. The maximum absolute atomic E-state index is 12.9. The van der Waals surface area contributed by atoms with Crippen LogP contribution in [0.3, 0.4) is 0 Å². The number of pyridine rings is 1. The van der Waals surface area contributed by atoms with E-state index in [0.717, 1.165) is 6.07 Å². The molecule has 0 aliphatic rings. The number of hydrogen-bond acceptors (Lipinski definition) is 3. The van der Waals surface area contributed by atoms with Gasteiger partial charge in [0.1, 0.15) is 5.75 Å². The minimum absolute atomic E-state index is 0.0187. The SMILES string of the molecule is COc1ccc(-c2cc(C(F)(F)F)c(CN)cn2)cc1. The molecule has 0 spiro atoms. The van der Waals surface area contributed by atoms with Gasteiger partial charge in [-0.05, 0) is 35.9 Å². The van der Waals surface area contributed by atoms with Crippen molar-refractivity contribution < 1.29 is 17.9 Å². The molecule has 1 heterocycles. The number of nitrogens with zero attached hydrogens (tertiary/aromatic N) is 1. The zero-order chi connectivity index (χ0) is 14.8. The van der Waals surface area contributed by atoms with Crippen molar-refractivity contribution >= 4 is 0 Å². The number of aromatic nitrogens is 1. The molecule has 0 unspecified atom stereocenters. The van der Waals surface area contributed by atoms with Crippen molar-refractivity contribution in [1.82, 2.24) is 4.98 Å². The van der Waals surface area contributed by atoms with Crippen LogP contribution in [0.15, 0.2) is 36.5 Å². The summed E-state index contributed by atoms with van der Waals surface area (Å²) in [4.78, 5) is 4.03. The van der Waals surface area contributed by atoms with E-state index in [9.17, 15) is 13.2 Å². The van der Waals surface area contributed by atoms with Crippen LogP contribution >= 0.6 is 0 Å². The minimum Gasteiger partial charge on any atom is -0.497 e. The van der Waals surface area contributed by atoms with Crippen molar-refractivity contribution in [3.05, 3.63) is 47.7 Å². The molecule has 2 N–H and O–H groups in total. The lowest BCUT2D eigenvalue weighted by Crippen LogP contribution is -2.12. The third-order valence-electron chi connectivity index (χ3n) is 2.90. The molecule has 0 aliphatic carbocycles. The number of ether oxygens (including phenoxy) is 1. The van der Waals surface area contributed by atoms with E-state index < -0.39 is 11.7 Å². The third-order valence-corrected chi connectivity index (χ3v) is 2.90. The Labute approximate surface area is 114 Å². The number of benzene rings is 1. The van der Waals surface area contributed by atoms with Gasteiger partial charge in [0.2, 0.25) is 0 Å². The average molecular weight is 282 g/mol. The summed E-state index contributed by atoms with van der Waals surface area (Å²) in [5.41, 5.74) is 5.38. The molecule has 2 aromatic rings. The van der Waals surface area contributed by atoms with E-state index in [1.54, 1.807) is 24.3 Å². The standard InChI is InChI=1S/C14H13F3N2O/c1-20-11-4-2-9(3-5-11)13-6-12(14(15,16)17)10(7-18)8-19-13/h2-6,8H,7,18H2,1H3. The highest BCUT2D eigenvalue weighted by Gasteiger charge is 2.33. The van der Waals surface area contributed by atoms with Crippen LogP contribution in [-0.4, -0.2) is 12.1 Å². The number of methoxy groups -OCH3 is 1. The lowest BCUT2D eigenvalue weighted by Gasteiger charge is -2.13. The first-order chi connectivity index (χ1) is 9.45. The number of alkyl halides is 3. The molecule has 0 aliphatic heterocycles. The van der Waals surface area contributed by atoms with Gasteiger partial charge in [-0.25, -0.2) is 0 Å². The first kappa shape index (κ1) is 14.3. The van der Waals surface area contributed by atoms with E-state index in [0.29, 0.717) is 11.3 Å². The van der Waals surface area contributed by atoms with Gasteiger partial charge in [0, 0.05) is 18.3 Å². The van der Waals surface area contributed by atoms with Crippen molar-refractivity contribution in [3.8, 4) is 17.0 Å². The summed E-state index contributed by atoms with van der Waals surface area (Å²) in [5, 5.41) is 0.